The van der Waals surface area contributed by atoms with E-state index in [1.165, 1.54) is 6.07 Å². The van der Waals surface area contributed by atoms with Crippen LogP contribution in [0.1, 0.15) is 25.8 Å². The third-order valence-electron chi connectivity index (χ3n) is 4.76. The van der Waals surface area contributed by atoms with Crippen molar-refractivity contribution in [1.82, 2.24) is 15.6 Å². The van der Waals surface area contributed by atoms with Crippen LogP contribution >= 0.6 is 0 Å². The molecule has 0 spiro atoms. The van der Waals surface area contributed by atoms with Gasteiger partial charge in [-0.15, -0.1) is 0 Å². The standard InChI is InChI=1S/C22H30FN5O/c1-16(2)15-29-19-8-6-17(7-9-19)13-26-22(24-3)27-18-10-12-28(14-18)21-20(23)5-4-11-25-21/h4-9,11,16,18H,10,12-15H2,1-3H3,(H2,24,26,27). The fraction of sp³-hybridized carbons (Fsp3) is 0.455. The minimum atomic E-state index is -0.281. The molecule has 6 nitrogen and oxygen atoms in total. The number of halogens is 1. The third-order valence-corrected chi connectivity index (χ3v) is 4.76. The molecule has 0 radical (unpaired) electrons. The van der Waals surface area contributed by atoms with E-state index in [1.54, 1.807) is 19.3 Å². The van der Waals surface area contributed by atoms with E-state index >= 15 is 0 Å². The second-order valence-electron chi connectivity index (χ2n) is 7.66. The normalized spacial score (nSPS) is 16.9. The molecule has 29 heavy (non-hydrogen) atoms. The number of nitrogens with one attached hydrogen (secondary N) is 2. The zero-order valence-electron chi connectivity index (χ0n) is 17.4. The van der Waals surface area contributed by atoms with Gasteiger partial charge in [0.05, 0.1) is 6.61 Å². The minimum absolute atomic E-state index is 0.189. The smallest absolute Gasteiger partial charge is 0.191 e. The van der Waals surface area contributed by atoms with Gasteiger partial charge < -0.3 is 20.3 Å². The first kappa shape index (κ1) is 20.9. The summed E-state index contributed by atoms with van der Waals surface area (Å²) in [6.45, 7) is 7.10. The highest BCUT2D eigenvalue weighted by atomic mass is 19.1. The first-order chi connectivity index (χ1) is 14.0. The van der Waals surface area contributed by atoms with E-state index in [-0.39, 0.29) is 11.9 Å². The molecule has 7 heteroatoms. The molecule has 2 heterocycles. The van der Waals surface area contributed by atoms with Crippen LogP contribution in [0.4, 0.5) is 10.2 Å². The molecule has 3 rings (SSSR count). The van der Waals surface area contributed by atoms with Gasteiger partial charge in [0.25, 0.3) is 0 Å². The van der Waals surface area contributed by atoms with Crippen molar-refractivity contribution in [1.29, 1.82) is 0 Å². The summed E-state index contributed by atoms with van der Waals surface area (Å²) in [5.41, 5.74) is 1.15. The van der Waals surface area contributed by atoms with Crippen molar-refractivity contribution in [3.8, 4) is 5.75 Å². The number of pyridine rings is 1. The van der Waals surface area contributed by atoms with Gasteiger partial charge >= 0.3 is 0 Å². The van der Waals surface area contributed by atoms with Gasteiger partial charge in [0, 0.05) is 38.9 Å². The summed E-state index contributed by atoms with van der Waals surface area (Å²) < 4.78 is 19.7. The number of anilines is 1. The van der Waals surface area contributed by atoms with Crippen molar-refractivity contribution in [2.24, 2.45) is 10.9 Å². The van der Waals surface area contributed by atoms with Gasteiger partial charge in [-0.25, -0.2) is 9.37 Å². The van der Waals surface area contributed by atoms with Crippen molar-refractivity contribution < 1.29 is 9.13 Å². The summed E-state index contributed by atoms with van der Waals surface area (Å²) in [7, 11) is 1.75. The molecular formula is C22H30FN5O. The predicted molar refractivity (Wildman–Crippen MR) is 115 cm³/mol. The first-order valence-electron chi connectivity index (χ1n) is 10.1. The Kier molecular flexibility index (Phi) is 7.27. The van der Waals surface area contributed by atoms with E-state index in [4.69, 9.17) is 4.74 Å². The molecule has 1 aliphatic heterocycles. The molecule has 1 saturated heterocycles. The summed E-state index contributed by atoms with van der Waals surface area (Å²) in [4.78, 5) is 10.4. The molecular weight excluding hydrogens is 369 g/mol. The van der Waals surface area contributed by atoms with Gasteiger partial charge in [-0.2, -0.15) is 0 Å². The largest absolute Gasteiger partial charge is 0.493 e. The number of aliphatic imine (C=N–C) groups is 1. The fourth-order valence-electron chi connectivity index (χ4n) is 3.22. The molecule has 2 aromatic rings. The average Bonchev–Trinajstić information content (AvgIpc) is 3.19. The van der Waals surface area contributed by atoms with E-state index in [9.17, 15) is 4.39 Å². The highest BCUT2D eigenvalue weighted by Gasteiger charge is 2.25. The molecule has 0 aliphatic carbocycles. The minimum Gasteiger partial charge on any atom is -0.493 e. The first-order valence-corrected chi connectivity index (χ1v) is 10.1. The molecule has 1 fully saturated rings. The van der Waals surface area contributed by atoms with E-state index in [0.29, 0.717) is 24.8 Å². The van der Waals surface area contributed by atoms with Crippen LogP contribution in [0.15, 0.2) is 47.6 Å². The summed E-state index contributed by atoms with van der Waals surface area (Å²) in [6, 6.07) is 11.3. The maximum Gasteiger partial charge on any atom is 0.191 e. The van der Waals surface area contributed by atoms with Crippen molar-refractivity contribution in [3.05, 3.63) is 54.0 Å². The van der Waals surface area contributed by atoms with E-state index in [2.05, 4.69) is 46.6 Å². The lowest BCUT2D eigenvalue weighted by molar-refractivity contribution is 0.271. The van der Waals surface area contributed by atoms with Gasteiger partial charge in [-0.05, 0) is 42.2 Å². The van der Waals surface area contributed by atoms with Crippen LogP contribution in [0.25, 0.3) is 0 Å². The van der Waals surface area contributed by atoms with Crippen LogP contribution in [0.5, 0.6) is 5.75 Å². The number of ether oxygens (including phenoxy) is 1. The Labute approximate surface area is 172 Å². The second-order valence-corrected chi connectivity index (χ2v) is 7.66. The van der Waals surface area contributed by atoms with E-state index in [0.717, 1.165) is 36.8 Å². The number of aromatic nitrogens is 1. The third kappa shape index (κ3) is 6.07. The Morgan fingerprint density at radius 3 is 2.79 bits per heavy atom. The number of rotatable bonds is 7. The molecule has 1 aromatic heterocycles. The average molecular weight is 400 g/mol. The number of hydrogen-bond donors (Lipinski definition) is 2. The van der Waals surface area contributed by atoms with Gasteiger partial charge in [0.15, 0.2) is 17.6 Å². The summed E-state index contributed by atoms with van der Waals surface area (Å²) in [5, 5.41) is 6.76. The van der Waals surface area contributed by atoms with E-state index in [1.807, 2.05) is 17.0 Å². The molecule has 1 aliphatic rings. The molecule has 0 saturated carbocycles. The van der Waals surface area contributed by atoms with Crippen LogP contribution in [0, 0.1) is 11.7 Å². The Morgan fingerprint density at radius 2 is 2.10 bits per heavy atom. The molecule has 2 N–H and O–H groups in total. The lowest BCUT2D eigenvalue weighted by Gasteiger charge is -2.20. The zero-order valence-corrected chi connectivity index (χ0v) is 17.4. The summed E-state index contributed by atoms with van der Waals surface area (Å²) in [5.74, 6) is 2.26. The van der Waals surface area contributed by atoms with Crippen molar-refractivity contribution in [2.75, 3.05) is 31.6 Å². The van der Waals surface area contributed by atoms with E-state index < -0.39 is 0 Å². The van der Waals surface area contributed by atoms with Crippen LogP contribution in [-0.2, 0) is 6.54 Å². The molecule has 0 amide bonds. The molecule has 1 unspecified atom stereocenters. The van der Waals surface area contributed by atoms with Crippen LogP contribution in [-0.4, -0.2) is 43.7 Å². The highest BCUT2D eigenvalue weighted by molar-refractivity contribution is 5.80. The molecule has 156 valence electrons. The van der Waals surface area contributed by atoms with Gasteiger partial charge in [-0.1, -0.05) is 26.0 Å². The van der Waals surface area contributed by atoms with Crippen molar-refractivity contribution >= 4 is 11.8 Å². The second kappa shape index (κ2) is 10.1. The summed E-state index contributed by atoms with van der Waals surface area (Å²) in [6.07, 6.45) is 2.53. The number of guanidine groups is 1. The Bertz CT molecular complexity index is 809. The van der Waals surface area contributed by atoms with Gasteiger partial charge in [0.2, 0.25) is 0 Å². The van der Waals surface area contributed by atoms with Crippen molar-refractivity contribution in [3.63, 3.8) is 0 Å². The molecule has 0 bridgehead atoms. The van der Waals surface area contributed by atoms with Gasteiger partial charge in [-0.3, -0.25) is 4.99 Å². The topological polar surface area (TPSA) is 61.8 Å². The SMILES string of the molecule is CN=C(NCc1ccc(OCC(C)C)cc1)NC1CCN(c2ncccc2F)C1. The maximum atomic E-state index is 14.0. The predicted octanol–water partition coefficient (Wildman–Crippen LogP) is 3.20. The highest BCUT2D eigenvalue weighted by Crippen LogP contribution is 2.20. The number of hydrogen-bond acceptors (Lipinski definition) is 4. The lowest BCUT2D eigenvalue weighted by Crippen LogP contribution is -2.44. The quantitative estimate of drug-likeness (QED) is 0.553. The Balaban J connectivity index is 1.47. The zero-order chi connectivity index (χ0) is 20.6. The maximum absolute atomic E-state index is 14.0. The Hall–Kier alpha value is -2.83. The van der Waals surface area contributed by atoms with Crippen LogP contribution < -0.4 is 20.3 Å². The van der Waals surface area contributed by atoms with Gasteiger partial charge in [0.1, 0.15) is 5.75 Å². The lowest BCUT2D eigenvalue weighted by atomic mass is 10.2. The van der Waals surface area contributed by atoms with Crippen LogP contribution in [0.2, 0.25) is 0 Å². The molecule has 1 aromatic carbocycles. The monoisotopic (exact) mass is 399 g/mol. The van der Waals surface area contributed by atoms with Crippen LogP contribution in [0.3, 0.4) is 0 Å². The fourth-order valence-corrected chi connectivity index (χ4v) is 3.22. The summed E-state index contributed by atoms with van der Waals surface area (Å²) >= 11 is 0. The number of nitrogens with zero attached hydrogens (tertiary/aromatic N) is 3. The molecule has 1 atom stereocenters. The number of benzene rings is 1. The Morgan fingerprint density at radius 1 is 1.31 bits per heavy atom. The van der Waals surface area contributed by atoms with Crippen molar-refractivity contribution in [2.45, 2.75) is 32.9 Å².